The highest BCUT2D eigenvalue weighted by Gasteiger charge is 2.20. The minimum absolute atomic E-state index is 0. The average Bonchev–Trinajstić information content (AvgIpc) is 3.29. The SMILES string of the molecule is C.COc1ccc(Cn2c(=O)n3ncnc3c3cc(CN4CCOCC4C)cnc32)cc1. The van der Waals surface area contributed by atoms with Crippen LogP contribution in [0.1, 0.15) is 25.5 Å². The molecule has 3 aromatic heterocycles. The number of methoxy groups -OCH3 is 1. The Labute approximate surface area is 186 Å². The van der Waals surface area contributed by atoms with E-state index in [4.69, 9.17) is 14.5 Å². The van der Waals surface area contributed by atoms with Crippen molar-refractivity contribution in [3.63, 3.8) is 0 Å². The van der Waals surface area contributed by atoms with Crippen molar-refractivity contribution in [2.75, 3.05) is 26.9 Å². The predicted molar refractivity (Wildman–Crippen MR) is 122 cm³/mol. The van der Waals surface area contributed by atoms with Gasteiger partial charge in [-0.2, -0.15) is 9.61 Å². The molecule has 4 aromatic rings. The van der Waals surface area contributed by atoms with Crippen molar-refractivity contribution in [3.05, 3.63) is 64.5 Å². The Morgan fingerprint density at radius 2 is 1.94 bits per heavy atom. The average molecular weight is 437 g/mol. The molecule has 9 nitrogen and oxygen atoms in total. The molecule has 168 valence electrons. The smallest absolute Gasteiger partial charge is 0.352 e. The van der Waals surface area contributed by atoms with Crippen LogP contribution in [0.2, 0.25) is 0 Å². The van der Waals surface area contributed by atoms with Gasteiger partial charge in [0.2, 0.25) is 0 Å². The predicted octanol–water partition coefficient (Wildman–Crippen LogP) is 2.35. The van der Waals surface area contributed by atoms with Gasteiger partial charge in [-0.1, -0.05) is 19.6 Å². The summed E-state index contributed by atoms with van der Waals surface area (Å²) in [7, 11) is 1.63. The van der Waals surface area contributed by atoms with Crippen LogP contribution in [0.15, 0.2) is 47.7 Å². The van der Waals surface area contributed by atoms with Gasteiger partial charge in [-0.25, -0.2) is 14.8 Å². The maximum absolute atomic E-state index is 13.1. The lowest BCUT2D eigenvalue weighted by Crippen LogP contribution is -2.42. The normalized spacial score (nSPS) is 16.9. The molecule has 1 saturated heterocycles. The van der Waals surface area contributed by atoms with Crippen molar-refractivity contribution in [2.45, 2.75) is 33.5 Å². The molecule has 1 aromatic carbocycles. The minimum Gasteiger partial charge on any atom is -0.497 e. The van der Waals surface area contributed by atoms with E-state index in [9.17, 15) is 4.79 Å². The van der Waals surface area contributed by atoms with E-state index in [0.717, 1.165) is 48.6 Å². The highest BCUT2D eigenvalue weighted by molar-refractivity contribution is 5.89. The zero-order chi connectivity index (χ0) is 21.4. The largest absolute Gasteiger partial charge is 0.497 e. The third-order valence-corrected chi connectivity index (χ3v) is 5.77. The molecular formula is C23H28N6O3. The van der Waals surface area contributed by atoms with Gasteiger partial charge in [0.15, 0.2) is 5.65 Å². The summed E-state index contributed by atoms with van der Waals surface area (Å²) in [6.45, 7) is 5.67. The molecule has 0 bridgehead atoms. The zero-order valence-corrected chi connectivity index (χ0v) is 17.6. The number of ether oxygens (including phenoxy) is 2. The van der Waals surface area contributed by atoms with Crippen LogP contribution in [0.4, 0.5) is 0 Å². The van der Waals surface area contributed by atoms with Gasteiger partial charge in [0.05, 0.1) is 32.3 Å². The number of benzene rings is 1. The number of pyridine rings is 1. The number of hydrogen-bond acceptors (Lipinski definition) is 7. The lowest BCUT2D eigenvalue weighted by Gasteiger charge is -2.33. The minimum atomic E-state index is -0.266. The first-order chi connectivity index (χ1) is 15.1. The fourth-order valence-corrected chi connectivity index (χ4v) is 4.02. The van der Waals surface area contributed by atoms with Crippen LogP contribution < -0.4 is 10.4 Å². The van der Waals surface area contributed by atoms with E-state index in [0.29, 0.717) is 23.9 Å². The Kier molecular flexibility index (Phi) is 6.20. The van der Waals surface area contributed by atoms with Crippen LogP contribution >= 0.6 is 0 Å². The maximum atomic E-state index is 13.1. The topological polar surface area (TPSA) is 86.8 Å². The number of fused-ring (bicyclic) bond motifs is 3. The third kappa shape index (κ3) is 3.96. The quantitative estimate of drug-likeness (QED) is 0.475. The van der Waals surface area contributed by atoms with Gasteiger partial charge < -0.3 is 9.47 Å². The van der Waals surface area contributed by atoms with Gasteiger partial charge >= 0.3 is 5.69 Å². The summed E-state index contributed by atoms with van der Waals surface area (Å²) in [5, 5.41) is 4.96. The summed E-state index contributed by atoms with van der Waals surface area (Å²) in [5.41, 5.74) is 2.89. The number of hydrogen-bond donors (Lipinski definition) is 0. The van der Waals surface area contributed by atoms with E-state index < -0.39 is 0 Å². The Bertz CT molecular complexity index is 1280. The molecule has 0 spiro atoms. The Morgan fingerprint density at radius 1 is 1.12 bits per heavy atom. The van der Waals surface area contributed by atoms with Crippen LogP contribution in [-0.2, 0) is 17.8 Å². The van der Waals surface area contributed by atoms with Crippen molar-refractivity contribution in [2.24, 2.45) is 0 Å². The second-order valence-corrected chi connectivity index (χ2v) is 7.82. The Morgan fingerprint density at radius 3 is 2.69 bits per heavy atom. The van der Waals surface area contributed by atoms with E-state index in [1.807, 2.05) is 30.5 Å². The second-order valence-electron chi connectivity index (χ2n) is 7.82. The number of morpholine rings is 1. The van der Waals surface area contributed by atoms with E-state index in [1.165, 1.54) is 10.8 Å². The van der Waals surface area contributed by atoms with Crippen LogP contribution in [-0.4, -0.2) is 62.0 Å². The summed E-state index contributed by atoms with van der Waals surface area (Å²) in [5.74, 6) is 0.771. The molecule has 0 aliphatic carbocycles. The van der Waals surface area contributed by atoms with Crippen LogP contribution in [0.25, 0.3) is 16.7 Å². The van der Waals surface area contributed by atoms with Crippen molar-refractivity contribution >= 4 is 16.7 Å². The zero-order valence-electron chi connectivity index (χ0n) is 17.6. The summed E-state index contributed by atoms with van der Waals surface area (Å²) >= 11 is 0. The van der Waals surface area contributed by atoms with Crippen molar-refractivity contribution in [1.29, 1.82) is 0 Å². The summed E-state index contributed by atoms with van der Waals surface area (Å²) in [6, 6.07) is 10.1. The number of rotatable bonds is 5. The van der Waals surface area contributed by atoms with E-state index in [1.54, 1.807) is 11.7 Å². The number of aromatic nitrogens is 5. The lowest BCUT2D eigenvalue weighted by molar-refractivity contribution is -0.00439. The van der Waals surface area contributed by atoms with Crippen LogP contribution in [0, 0.1) is 0 Å². The van der Waals surface area contributed by atoms with E-state index >= 15 is 0 Å². The summed E-state index contributed by atoms with van der Waals surface area (Å²) in [4.78, 5) is 24.5. The molecule has 1 unspecified atom stereocenters. The summed E-state index contributed by atoms with van der Waals surface area (Å²) < 4.78 is 13.8. The maximum Gasteiger partial charge on any atom is 0.352 e. The molecule has 1 atom stereocenters. The Hall–Kier alpha value is -3.30. The van der Waals surface area contributed by atoms with Crippen molar-refractivity contribution < 1.29 is 9.47 Å². The standard InChI is InChI=1S/C22H24N6O3.CH4/c1-15-13-31-8-7-26(15)11-17-9-19-20(23-10-17)27(22(29)28-21(19)24-14-25-28)12-16-3-5-18(30-2)6-4-16;/h3-6,9-10,14-15H,7-8,11-13H2,1-2H3;1H4. The highest BCUT2D eigenvalue weighted by Crippen LogP contribution is 2.20. The lowest BCUT2D eigenvalue weighted by atomic mass is 10.1. The molecule has 0 N–H and O–H groups in total. The summed E-state index contributed by atoms with van der Waals surface area (Å²) in [6.07, 6.45) is 3.26. The van der Waals surface area contributed by atoms with Gasteiger partial charge in [0.1, 0.15) is 17.7 Å². The molecule has 0 amide bonds. The first kappa shape index (κ1) is 21.9. The Balaban J connectivity index is 0.00000245. The monoisotopic (exact) mass is 436 g/mol. The van der Waals surface area contributed by atoms with Gasteiger partial charge in [-0.15, -0.1) is 0 Å². The van der Waals surface area contributed by atoms with E-state index in [2.05, 4.69) is 28.0 Å². The van der Waals surface area contributed by atoms with Crippen LogP contribution in [0.5, 0.6) is 5.75 Å². The first-order valence-electron chi connectivity index (χ1n) is 10.3. The van der Waals surface area contributed by atoms with E-state index in [-0.39, 0.29) is 13.1 Å². The van der Waals surface area contributed by atoms with Gasteiger partial charge in [0.25, 0.3) is 0 Å². The fourth-order valence-electron chi connectivity index (χ4n) is 4.02. The molecule has 4 heterocycles. The number of nitrogens with zero attached hydrogens (tertiary/aromatic N) is 6. The van der Waals surface area contributed by atoms with Gasteiger partial charge in [-0.05, 0) is 36.2 Å². The highest BCUT2D eigenvalue weighted by atomic mass is 16.5. The first-order valence-corrected chi connectivity index (χ1v) is 10.3. The third-order valence-electron chi connectivity index (χ3n) is 5.77. The molecule has 1 aliphatic rings. The van der Waals surface area contributed by atoms with Gasteiger partial charge in [0, 0.05) is 25.3 Å². The molecule has 0 saturated carbocycles. The molecule has 32 heavy (non-hydrogen) atoms. The molecular weight excluding hydrogens is 408 g/mol. The molecule has 1 fully saturated rings. The molecule has 0 radical (unpaired) electrons. The van der Waals surface area contributed by atoms with Crippen LogP contribution in [0.3, 0.4) is 0 Å². The molecule has 5 rings (SSSR count). The molecule has 1 aliphatic heterocycles. The fraction of sp³-hybridized carbons (Fsp3) is 0.391. The molecule has 9 heteroatoms. The van der Waals surface area contributed by atoms with Gasteiger partial charge in [-0.3, -0.25) is 9.47 Å². The van der Waals surface area contributed by atoms with Crippen molar-refractivity contribution in [1.82, 2.24) is 29.0 Å². The second kappa shape index (κ2) is 9.05. The van der Waals surface area contributed by atoms with Crippen molar-refractivity contribution in [3.8, 4) is 5.75 Å².